The number of ether oxygens (including phenoxy) is 1. The Morgan fingerprint density at radius 3 is 2.67 bits per heavy atom. The van der Waals surface area contributed by atoms with Gasteiger partial charge >= 0.3 is 6.03 Å². The van der Waals surface area contributed by atoms with Crippen LogP contribution in [0.2, 0.25) is 5.02 Å². The van der Waals surface area contributed by atoms with Crippen molar-refractivity contribution in [2.24, 2.45) is 0 Å². The fourth-order valence-corrected chi connectivity index (χ4v) is 3.07. The summed E-state index contributed by atoms with van der Waals surface area (Å²) in [5.41, 5.74) is 1.36. The number of benzene rings is 2. The molecule has 2 aromatic carbocycles. The SMILES string of the molecule is COc1ccc(/C=C2/NC(=O)N(c3cccc(Cl)c3)C2=O)cc1Br. The van der Waals surface area contributed by atoms with Gasteiger partial charge in [0.2, 0.25) is 0 Å². The van der Waals surface area contributed by atoms with Gasteiger partial charge in [-0.05, 0) is 57.9 Å². The smallest absolute Gasteiger partial charge is 0.333 e. The minimum absolute atomic E-state index is 0.192. The molecule has 1 saturated heterocycles. The van der Waals surface area contributed by atoms with Crippen LogP contribution in [0.5, 0.6) is 5.75 Å². The summed E-state index contributed by atoms with van der Waals surface area (Å²) in [7, 11) is 1.57. The van der Waals surface area contributed by atoms with Gasteiger partial charge in [0.25, 0.3) is 5.91 Å². The molecule has 1 fully saturated rings. The lowest BCUT2D eigenvalue weighted by Gasteiger charge is -2.11. The Balaban J connectivity index is 1.92. The number of rotatable bonds is 3. The Hall–Kier alpha value is -2.31. The first-order valence-corrected chi connectivity index (χ1v) is 8.13. The van der Waals surface area contributed by atoms with Gasteiger partial charge in [-0.25, -0.2) is 9.69 Å². The van der Waals surface area contributed by atoms with Crippen molar-refractivity contribution < 1.29 is 14.3 Å². The highest BCUT2D eigenvalue weighted by molar-refractivity contribution is 9.10. The standard InChI is InChI=1S/C17H12BrClN2O3/c1-24-15-6-5-10(7-13(15)18)8-14-16(22)21(17(23)20-14)12-4-2-3-11(19)9-12/h2-9H,1H3,(H,20,23)/b14-8+. The topological polar surface area (TPSA) is 58.6 Å². The van der Waals surface area contributed by atoms with Crippen molar-refractivity contribution in [2.75, 3.05) is 12.0 Å². The Morgan fingerprint density at radius 2 is 2.00 bits per heavy atom. The molecule has 0 spiro atoms. The Bertz CT molecular complexity index is 867. The van der Waals surface area contributed by atoms with Crippen molar-refractivity contribution >= 4 is 51.2 Å². The summed E-state index contributed by atoms with van der Waals surface area (Å²) in [6.07, 6.45) is 1.61. The van der Waals surface area contributed by atoms with Crippen LogP contribution in [0.15, 0.2) is 52.6 Å². The van der Waals surface area contributed by atoms with Crippen molar-refractivity contribution in [3.05, 3.63) is 63.2 Å². The first-order valence-electron chi connectivity index (χ1n) is 6.96. The Morgan fingerprint density at radius 1 is 1.21 bits per heavy atom. The lowest BCUT2D eigenvalue weighted by molar-refractivity contribution is -0.113. The zero-order valence-electron chi connectivity index (χ0n) is 12.5. The van der Waals surface area contributed by atoms with E-state index in [0.717, 1.165) is 14.9 Å². The number of nitrogens with zero attached hydrogens (tertiary/aromatic N) is 1. The molecule has 7 heteroatoms. The summed E-state index contributed by atoms with van der Waals surface area (Å²) in [5, 5.41) is 3.03. The minimum Gasteiger partial charge on any atom is -0.496 e. The summed E-state index contributed by atoms with van der Waals surface area (Å²) >= 11 is 9.32. The number of amides is 3. The second kappa shape index (κ2) is 6.67. The fraction of sp³-hybridized carbons (Fsp3) is 0.0588. The average molecular weight is 408 g/mol. The van der Waals surface area contributed by atoms with E-state index in [2.05, 4.69) is 21.2 Å². The number of anilines is 1. The van der Waals surface area contributed by atoms with E-state index in [1.54, 1.807) is 55.7 Å². The zero-order valence-corrected chi connectivity index (χ0v) is 14.9. The molecule has 0 bridgehead atoms. The number of halogens is 2. The molecule has 122 valence electrons. The second-order valence-electron chi connectivity index (χ2n) is 5.00. The van der Waals surface area contributed by atoms with E-state index in [9.17, 15) is 9.59 Å². The molecule has 3 amide bonds. The summed E-state index contributed by atoms with van der Waals surface area (Å²) in [5.74, 6) is 0.244. The molecule has 0 saturated carbocycles. The van der Waals surface area contributed by atoms with E-state index in [0.29, 0.717) is 16.5 Å². The molecule has 0 aromatic heterocycles. The highest BCUT2D eigenvalue weighted by Gasteiger charge is 2.34. The molecule has 1 heterocycles. The van der Waals surface area contributed by atoms with Gasteiger partial charge in [-0.2, -0.15) is 0 Å². The average Bonchev–Trinajstić information content (AvgIpc) is 2.81. The number of imide groups is 1. The number of hydrogen-bond acceptors (Lipinski definition) is 3. The molecule has 0 aliphatic carbocycles. The summed E-state index contributed by atoms with van der Waals surface area (Å²) in [4.78, 5) is 25.7. The minimum atomic E-state index is -0.513. The molecule has 1 N–H and O–H groups in total. The van der Waals surface area contributed by atoms with Crippen LogP contribution in [0.25, 0.3) is 6.08 Å². The summed E-state index contributed by atoms with van der Waals surface area (Å²) in [6, 6.07) is 11.4. The molecular formula is C17H12BrClN2O3. The van der Waals surface area contributed by atoms with E-state index in [4.69, 9.17) is 16.3 Å². The van der Waals surface area contributed by atoms with Crippen molar-refractivity contribution in [3.8, 4) is 5.75 Å². The van der Waals surface area contributed by atoms with E-state index in [1.807, 2.05) is 0 Å². The number of nitrogens with one attached hydrogen (secondary N) is 1. The molecular weight excluding hydrogens is 396 g/mol. The summed E-state index contributed by atoms with van der Waals surface area (Å²) in [6.45, 7) is 0. The van der Waals surface area contributed by atoms with E-state index in [-0.39, 0.29) is 5.70 Å². The van der Waals surface area contributed by atoms with Crippen molar-refractivity contribution in [1.82, 2.24) is 5.32 Å². The zero-order chi connectivity index (χ0) is 17.3. The molecule has 1 aliphatic heterocycles. The van der Waals surface area contributed by atoms with Gasteiger partial charge < -0.3 is 10.1 Å². The van der Waals surface area contributed by atoms with Crippen molar-refractivity contribution in [2.45, 2.75) is 0 Å². The predicted octanol–water partition coefficient (Wildman–Crippen LogP) is 4.21. The highest BCUT2D eigenvalue weighted by Crippen LogP contribution is 2.28. The van der Waals surface area contributed by atoms with Crippen molar-refractivity contribution in [1.29, 1.82) is 0 Å². The van der Waals surface area contributed by atoms with Crippen LogP contribution in [0.3, 0.4) is 0 Å². The van der Waals surface area contributed by atoms with Crippen LogP contribution < -0.4 is 15.0 Å². The van der Waals surface area contributed by atoms with Crippen LogP contribution in [-0.2, 0) is 4.79 Å². The third-order valence-electron chi connectivity index (χ3n) is 3.43. The van der Waals surface area contributed by atoms with Gasteiger partial charge in [0.05, 0.1) is 17.3 Å². The van der Waals surface area contributed by atoms with Crippen molar-refractivity contribution in [3.63, 3.8) is 0 Å². The van der Waals surface area contributed by atoms with Gasteiger partial charge in [0.1, 0.15) is 11.4 Å². The number of hydrogen-bond donors (Lipinski definition) is 1. The van der Waals surface area contributed by atoms with Crippen LogP contribution in [0.4, 0.5) is 10.5 Å². The lowest BCUT2D eigenvalue weighted by Crippen LogP contribution is -2.30. The van der Waals surface area contributed by atoms with E-state index >= 15 is 0 Å². The van der Waals surface area contributed by atoms with Crippen LogP contribution >= 0.6 is 27.5 Å². The molecule has 24 heavy (non-hydrogen) atoms. The van der Waals surface area contributed by atoms with Gasteiger partial charge in [0.15, 0.2) is 0 Å². The maximum atomic E-state index is 12.5. The lowest BCUT2D eigenvalue weighted by atomic mass is 10.2. The molecule has 5 nitrogen and oxygen atoms in total. The molecule has 3 rings (SSSR count). The van der Waals surface area contributed by atoms with Gasteiger partial charge in [-0.1, -0.05) is 23.7 Å². The van der Waals surface area contributed by atoms with Gasteiger partial charge in [0, 0.05) is 5.02 Å². The summed E-state index contributed by atoms with van der Waals surface area (Å²) < 4.78 is 5.92. The third kappa shape index (κ3) is 3.16. The molecule has 0 atom stereocenters. The second-order valence-corrected chi connectivity index (χ2v) is 6.29. The van der Waals surface area contributed by atoms with E-state index < -0.39 is 11.9 Å². The molecule has 1 aliphatic rings. The molecule has 2 aromatic rings. The monoisotopic (exact) mass is 406 g/mol. The van der Waals surface area contributed by atoms with E-state index in [1.165, 1.54) is 0 Å². The Kier molecular flexibility index (Phi) is 4.59. The molecule has 0 unspecified atom stereocenters. The van der Waals surface area contributed by atoms with Gasteiger partial charge in [-0.15, -0.1) is 0 Å². The Labute approximate surface area is 152 Å². The maximum absolute atomic E-state index is 12.5. The quantitative estimate of drug-likeness (QED) is 0.612. The number of carbonyl (C=O) groups excluding carboxylic acids is 2. The largest absolute Gasteiger partial charge is 0.496 e. The van der Waals surface area contributed by atoms with Gasteiger partial charge in [-0.3, -0.25) is 4.79 Å². The van der Waals surface area contributed by atoms with Crippen LogP contribution in [0, 0.1) is 0 Å². The number of urea groups is 1. The third-order valence-corrected chi connectivity index (χ3v) is 4.29. The normalized spacial score (nSPS) is 15.8. The number of carbonyl (C=O) groups is 2. The predicted molar refractivity (Wildman–Crippen MR) is 96.1 cm³/mol. The van der Waals surface area contributed by atoms with Crippen LogP contribution in [-0.4, -0.2) is 19.0 Å². The van der Waals surface area contributed by atoms with Crippen LogP contribution in [0.1, 0.15) is 5.56 Å². The fourth-order valence-electron chi connectivity index (χ4n) is 2.32. The first-order chi connectivity index (χ1) is 11.5. The first kappa shape index (κ1) is 16.5. The number of methoxy groups -OCH3 is 1. The maximum Gasteiger partial charge on any atom is 0.333 e. The molecule has 0 radical (unpaired) electrons. The highest BCUT2D eigenvalue weighted by atomic mass is 79.9.